The lowest BCUT2D eigenvalue weighted by Crippen LogP contribution is -2.36. The lowest BCUT2D eigenvalue weighted by molar-refractivity contribution is -0.188. The molecule has 8 atom stereocenters. The van der Waals surface area contributed by atoms with Gasteiger partial charge in [-0.3, -0.25) is 0 Å². The van der Waals surface area contributed by atoms with Gasteiger partial charge in [-0.05, 0) is 49.9 Å². The molecule has 3 saturated carbocycles. The van der Waals surface area contributed by atoms with Crippen molar-refractivity contribution in [2.75, 3.05) is 0 Å². The van der Waals surface area contributed by atoms with Crippen LogP contribution in [0.5, 0.6) is 0 Å². The summed E-state index contributed by atoms with van der Waals surface area (Å²) in [6, 6.07) is 0. The van der Waals surface area contributed by atoms with Crippen LogP contribution in [0.25, 0.3) is 0 Å². The first kappa shape index (κ1) is 11.9. The Balaban J connectivity index is 1.39. The standard InChI is InChI=1S/C15H20O4/c1-3-13(16)18-7(2)17-11-5-8-4-10(11)14-9(8)6-12-15(14)19-12/h3,7-12,14-15H,1,4-6H2,2H3. The number of hydrogen-bond donors (Lipinski definition) is 0. The molecule has 3 aliphatic carbocycles. The molecule has 2 bridgehead atoms. The van der Waals surface area contributed by atoms with Crippen LogP contribution >= 0.6 is 0 Å². The summed E-state index contributed by atoms with van der Waals surface area (Å²) in [5, 5.41) is 0. The third-order valence-electron chi connectivity index (χ3n) is 5.50. The molecule has 0 aromatic carbocycles. The molecule has 4 nitrogen and oxygen atoms in total. The van der Waals surface area contributed by atoms with Crippen molar-refractivity contribution in [2.45, 2.75) is 50.8 Å². The molecule has 19 heavy (non-hydrogen) atoms. The highest BCUT2D eigenvalue weighted by molar-refractivity contribution is 5.81. The Morgan fingerprint density at radius 1 is 1.37 bits per heavy atom. The summed E-state index contributed by atoms with van der Waals surface area (Å²) in [4.78, 5) is 11.2. The second-order valence-electron chi connectivity index (χ2n) is 6.39. The van der Waals surface area contributed by atoms with E-state index in [2.05, 4.69) is 6.58 Å². The van der Waals surface area contributed by atoms with E-state index in [-0.39, 0.29) is 6.10 Å². The monoisotopic (exact) mass is 264 g/mol. The first-order chi connectivity index (χ1) is 9.17. The highest BCUT2D eigenvalue weighted by Gasteiger charge is 2.66. The minimum Gasteiger partial charge on any atom is -0.433 e. The molecule has 4 aliphatic rings. The van der Waals surface area contributed by atoms with E-state index in [1.54, 1.807) is 6.92 Å². The molecule has 1 aliphatic heterocycles. The van der Waals surface area contributed by atoms with E-state index in [1.807, 2.05) is 0 Å². The molecule has 8 unspecified atom stereocenters. The number of epoxide rings is 1. The first-order valence-corrected chi connectivity index (χ1v) is 7.31. The van der Waals surface area contributed by atoms with Crippen molar-refractivity contribution >= 4 is 5.97 Å². The van der Waals surface area contributed by atoms with Crippen molar-refractivity contribution in [1.82, 2.24) is 0 Å². The van der Waals surface area contributed by atoms with E-state index in [1.165, 1.54) is 18.9 Å². The number of carbonyl (C=O) groups is 1. The number of ether oxygens (including phenoxy) is 3. The molecular formula is C15H20O4. The Hall–Kier alpha value is -0.870. The van der Waals surface area contributed by atoms with Crippen LogP contribution in [0.3, 0.4) is 0 Å². The molecule has 0 aromatic rings. The predicted octanol–water partition coefficient (Wildman–Crippen LogP) is 1.89. The molecule has 0 N–H and O–H groups in total. The third-order valence-corrected chi connectivity index (χ3v) is 5.50. The number of hydrogen-bond acceptors (Lipinski definition) is 4. The molecule has 0 spiro atoms. The van der Waals surface area contributed by atoms with Crippen molar-refractivity contribution in [1.29, 1.82) is 0 Å². The first-order valence-electron chi connectivity index (χ1n) is 7.31. The second-order valence-corrected chi connectivity index (χ2v) is 6.39. The van der Waals surface area contributed by atoms with Crippen molar-refractivity contribution in [3.05, 3.63) is 12.7 Å². The maximum absolute atomic E-state index is 11.2. The number of rotatable bonds is 4. The van der Waals surface area contributed by atoms with Crippen LogP contribution in [0, 0.1) is 23.7 Å². The van der Waals surface area contributed by atoms with Gasteiger partial charge in [-0.15, -0.1) is 0 Å². The fourth-order valence-corrected chi connectivity index (χ4v) is 4.89. The smallest absolute Gasteiger partial charge is 0.332 e. The van der Waals surface area contributed by atoms with E-state index >= 15 is 0 Å². The van der Waals surface area contributed by atoms with Gasteiger partial charge in [-0.25, -0.2) is 4.79 Å². The quantitative estimate of drug-likeness (QED) is 0.337. The summed E-state index contributed by atoms with van der Waals surface area (Å²) in [5.41, 5.74) is 0. The number of carbonyl (C=O) groups excluding carboxylic acids is 1. The molecule has 1 saturated heterocycles. The molecule has 0 radical (unpaired) electrons. The van der Waals surface area contributed by atoms with Crippen LogP contribution < -0.4 is 0 Å². The highest BCUT2D eigenvalue weighted by atomic mass is 16.7. The van der Waals surface area contributed by atoms with Crippen molar-refractivity contribution in [2.24, 2.45) is 23.7 Å². The van der Waals surface area contributed by atoms with Gasteiger partial charge in [0.2, 0.25) is 6.29 Å². The van der Waals surface area contributed by atoms with Gasteiger partial charge in [0, 0.05) is 6.08 Å². The van der Waals surface area contributed by atoms with Crippen LogP contribution in [0.15, 0.2) is 12.7 Å². The zero-order chi connectivity index (χ0) is 13.1. The predicted molar refractivity (Wildman–Crippen MR) is 67.1 cm³/mol. The largest absolute Gasteiger partial charge is 0.433 e. The minimum absolute atomic E-state index is 0.238. The van der Waals surface area contributed by atoms with E-state index in [9.17, 15) is 4.79 Å². The molecule has 4 heteroatoms. The number of fused-ring (bicyclic) bond motifs is 7. The Morgan fingerprint density at radius 3 is 3.00 bits per heavy atom. The fraction of sp³-hybridized carbons (Fsp3) is 0.800. The van der Waals surface area contributed by atoms with Crippen molar-refractivity contribution in [3.63, 3.8) is 0 Å². The van der Waals surface area contributed by atoms with Crippen LogP contribution in [-0.4, -0.2) is 30.6 Å². The molecule has 0 amide bonds. The van der Waals surface area contributed by atoms with Gasteiger partial charge in [-0.1, -0.05) is 6.58 Å². The maximum atomic E-state index is 11.2. The second kappa shape index (κ2) is 4.06. The highest BCUT2D eigenvalue weighted by Crippen LogP contribution is 2.64. The molecule has 1 heterocycles. The van der Waals surface area contributed by atoms with Gasteiger partial charge in [0.25, 0.3) is 0 Å². The lowest BCUT2D eigenvalue weighted by Gasteiger charge is -2.33. The van der Waals surface area contributed by atoms with Gasteiger partial charge in [0.15, 0.2) is 0 Å². The average Bonchev–Trinajstić information content (AvgIpc) is 2.74. The Kier molecular flexibility index (Phi) is 2.55. The van der Waals surface area contributed by atoms with Gasteiger partial charge in [0.1, 0.15) is 0 Å². The molecule has 104 valence electrons. The van der Waals surface area contributed by atoms with Gasteiger partial charge >= 0.3 is 5.97 Å². The zero-order valence-electron chi connectivity index (χ0n) is 11.2. The molecule has 4 rings (SSSR count). The number of esters is 1. The normalized spacial score (nSPS) is 50.5. The summed E-state index contributed by atoms with van der Waals surface area (Å²) in [6.45, 7) is 5.18. The van der Waals surface area contributed by atoms with Crippen LogP contribution in [0.1, 0.15) is 26.2 Å². The summed E-state index contributed by atoms with van der Waals surface area (Å²) < 4.78 is 16.8. The van der Waals surface area contributed by atoms with E-state index < -0.39 is 12.3 Å². The average molecular weight is 264 g/mol. The van der Waals surface area contributed by atoms with E-state index in [4.69, 9.17) is 14.2 Å². The lowest BCUT2D eigenvalue weighted by atomic mass is 9.79. The Labute approximate surface area is 113 Å². The molecule has 0 aromatic heterocycles. The summed E-state index contributed by atoms with van der Waals surface area (Å²) in [5.74, 6) is 2.58. The maximum Gasteiger partial charge on any atom is 0.332 e. The Morgan fingerprint density at radius 2 is 2.21 bits per heavy atom. The van der Waals surface area contributed by atoms with Crippen LogP contribution in [0.2, 0.25) is 0 Å². The van der Waals surface area contributed by atoms with Gasteiger partial charge in [-0.2, -0.15) is 0 Å². The molecular weight excluding hydrogens is 244 g/mol. The van der Waals surface area contributed by atoms with Crippen molar-refractivity contribution in [3.8, 4) is 0 Å². The molecule has 4 fully saturated rings. The SMILES string of the molecule is C=CC(=O)OC(C)OC1CC2CC1C1C2CC2OC21. The van der Waals surface area contributed by atoms with Crippen LogP contribution in [0.4, 0.5) is 0 Å². The summed E-state index contributed by atoms with van der Waals surface area (Å²) >= 11 is 0. The summed E-state index contributed by atoms with van der Waals surface area (Å²) in [6.07, 6.45) is 5.66. The van der Waals surface area contributed by atoms with Crippen LogP contribution in [-0.2, 0) is 19.0 Å². The van der Waals surface area contributed by atoms with Gasteiger partial charge < -0.3 is 14.2 Å². The minimum atomic E-state index is -0.481. The fourth-order valence-electron chi connectivity index (χ4n) is 4.89. The third kappa shape index (κ3) is 1.77. The topological polar surface area (TPSA) is 48.1 Å². The zero-order valence-corrected chi connectivity index (χ0v) is 11.2. The summed E-state index contributed by atoms with van der Waals surface area (Å²) in [7, 11) is 0. The van der Waals surface area contributed by atoms with E-state index in [0.29, 0.717) is 24.0 Å². The Bertz CT molecular complexity index is 420. The van der Waals surface area contributed by atoms with E-state index in [0.717, 1.165) is 18.3 Å². The van der Waals surface area contributed by atoms with Gasteiger partial charge in [0.05, 0.1) is 18.3 Å². The van der Waals surface area contributed by atoms with Crippen molar-refractivity contribution < 1.29 is 19.0 Å².